The number of halogens is 1. The Kier molecular flexibility index (Phi) is 2.94. The molecule has 1 aliphatic heterocycles. The number of hydrogen-bond acceptors (Lipinski definition) is 2. The SMILES string of the molecule is COc1ccc(C2CNC2)cc1CCl. The van der Waals surface area contributed by atoms with Crippen LogP contribution in [-0.2, 0) is 5.88 Å². The molecule has 2 nitrogen and oxygen atoms in total. The number of nitrogens with one attached hydrogen (secondary N) is 1. The van der Waals surface area contributed by atoms with Crippen molar-refractivity contribution in [3.63, 3.8) is 0 Å². The first-order valence-corrected chi connectivity index (χ1v) is 5.32. The van der Waals surface area contributed by atoms with Crippen LogP contribution >= 0.6 is 11.6 Å². The van der Waals surface area contributed by atoms with Gasteiger partial charge in [-0.05, 0) is 11.6 Å². The number of hydrogen-bond donors (Lipinski definition) is 1. The van der Waals surface area contributed by atoms with Crippen molar-refractivity contribution in [1.82, 2.24) is 5.32 Å². The van der Waals surface area contributed by atoms with Gasteiger partial charge in [-0.25, -0.2) is 0 Å². The van der Waals surface area contributed by atoms with Crippen molar-refractivity contribution in [3.8, 4) is 5.75 Å². The fourth-order valence-corrected chi connectivity index (χ4v) is 1.89. The lowest BCUT2D eigenvalue weighted by atomic mass is 9.92. The minimum Gasteiger partial charge on any atom is -0.496 e. The van der Waals surface area contributed by atoms with Gasteiger partial charge in [0.2, 0.25) is 0 Å². The van der Waals surface area contributed by atoms with Gasteiger partial charge in [0.25, 0.3) is 0 Å². The van der Waals surface area contributed by atoms with Gasteiger partial charge in [-0.15, -0.1) is 11.6 Å². The Bertz CT molecular complexity index is 323. The second-order valence-electron chi connectivity index (χ2n) is 3.56. The molecule has 1 aromatic rings. The molecule has 0 bridgehead atoms. The summed E-state index contributed by atoms with van der Waals surface area (Å²) in [5.41, 5.74) is 2.44. The fourth-order valence-electron chi connectivity index (χ4n) is 1.68. The summed E-state index contributed by atoms with van der Waals surface area (Å²) in [4.78, 5) is 0. The van der Waals surface area contributed by atoms with E-state index in [4.69, 9.17) is 16.3 Å². The summed E-state index contributed by atoms with van der Waals surface area (Å²) in [7, 11) is 1.68. The Hall–Kier alpha value is -0.730. The predicted molar refractivity (Wildman–Crippen MR) is 58.2 cm³/mol. The zero-order chi connectivity index (χ0) is 9.97. The molecule has 2 rings (SSSR count). The van der Waals surface area contributed by atoms with E-state index in [0.717, 1.165) is 24.4 Å². The van der Waals surface area contributed by atoms with Gasteiger partial charge in [-0.3, -0.25) is 0 Å². The van der Waals surface area contributed by atoms with Gasteiger partial charge in [0, 0.05) is 24.6 Å². The molecule has 1 aliphatic rings. The summed E-state index contributed by atoms with van der Waals surface area (Å²) in [6.07, 6.45) is 0. The minimum absolute atomic E-state index is 0.511. The van der Waals surface area contributed by atoms with Crippen LogP contribution in [0.1, 0.15) is 17.0 Å². The van der Waals surface area contributed by atoms with Gasteiger partial charge < -0.3 is 10.1 Å². The summed E-state index contributed by atoms with van der Waals surface area (Å²) in [6.45, 7) is 2.15. The molecule has 1 saturated heterocycles. The van der Waals surface area contributed by atoms with E-state index in [0.29, 0.717) is 11.8 Å². The molecule has 0 atom stereocenters. The highest BCUT2D eigenvalue weighted by Gasteiger charge is 2.19. The van der Waals surface area contributed by atoms with E-state index in [1.165, 1.54) is 5.56 Å². The summed E-state index contributed by atoms with van der Waals surface area (Å²) in [5.74, 6) is 2.05. The average molecular weight is 212 g/mol. The topological polar surface area (TPSA) is 21.3 Å². The quantitative estimate of drug-likeness (QED) is 0.774. The van der Waals surface area contributed by atoms with Gasteiger partial charge in [0.05, 0.1) is 13.0 Å². The van der Waals surface area contributed by atoms with Gasteiger partial charge in [-0.2, -0.15) is 0 Å². The maximum absolute atomic E-state index is 5.85. The molecule has 76 valence electrons. The number of alkyl halides is 1. The van der Waals surface area contributed by atoms with Crippen LogP contribution in [0.5, 0.6) is 5.75 Å². The second kappa shape index (κ2) is 4.20. The third-order valence-electron chi connectivity index (χ3n) is 2.70. The van der Waals surface area contributed by atoms with Crippen molar-refractivity contribution in [2.24, 2.45) is 0 Å². The molecule has 1 fully saturated rings. The number of benzene rings is 1. The summed E-state index contributed by atoms with van der Waals surface area (Å²) in [6, 6.07) is 6.28. The van der Waals surface area contributed by atoms with Crippen LogP contribution in [0.4, 0.5) is 0 Å². The van der Waals surface area contributed by atoms with Crippen molar-refractivity contribution < 1.29 is 4.74 Å². The zero-order valence-corrected chi connectivity index (χ0v) is 8.97. The van der Waals surface area contributed by atoms with Crippen molar-refractivity contribution in [1.29, 1.82) is 0 Å². The van der Waals surface area contributed by atoms with E-state index >= 15 is 0 Å². The highest BCUT2D eigenvalue weighted by atomic mass is 35.5. The predicted octanol–water partition coefficient (Wildman–Crippen LogP) is 2.12. The zero-order valence-electron chi connectivity index (χ0n) is 8.22. The highest BCUT2D eigenvalue weighted by Crippen LogP contribution is 2.27. The first kappa shape index (κ1) is 9.81. The first-order valence-electron chi connectivity index (χ1n) is 4.78. The van der Waals surface area contributed by atoms with Gasteiger partial charge in [0.15, 0.2) is 0 Å². The number of ether oxygens (including phenoxy) is 1. The monoisotopic (exact) mass is 211 g/mol. The van der Waals surface area contributed by atoms with Gasteiger partial charge >= 0.3 is 0 Å². The van der Waals surface area contributed by atoms with Crippen LogP contribution < -0.4 is 10.1 Å². The van der Waals surface area contributed by atoms with Crippen LogP contribution in [0, 0.1) is 0 Å². The highest BCUT2D eigenvalue weighted by molar-refractivity contribution is 6.17. The number of methoxy groups -OCH3 is 1. The van der Waals surface area contributed by atoms with E-state index in [1.807, 2.05) is 6.07 Å². The fraction of sp³-hybridized carbons (Fsp3) is 0.455. The molecule has 3 heteroatoms. The lowest BCUT2D eigenvalue weighted by Crippen LogP contribution is -2.39. The van der Waals surface area contributed by atoms with E-state index in [2.05, 4.69) is 17.4 Å². The van der Waals surface area contributed by atoms with Crippen molar-refractivity contribution in [3.05, 3.63) is 29.3 Å². The Morgan fingerprint density at radius 2 is 2.29 bits per heavy atom. The van der Waals surface area contributed by atoms with Crippen LogP contribution in [0.2, 0.25) is 0 Å². The molecule has 0 unspecified atom stereocenters. The molecular weight excluding hydrogens is 198 g/mol. The Morgan fingerprint density at radius 3 is 2.79 bits per heavy atom. The van der Waals surface area contributed by atoms with E-state index in [1.54, 1.807) is 7.11 Å². The lowest BCUT2D eigenvalue weighted by Gasteiger charge is -2.28. The largest absolute Gasteiger partial charge is 0.496 e. The van der Waals surface area contributed by atoms with Crippen LogP contribution in [0.15, 0.2) is 18.2 Å². The Balaban J connectivity index is 2.26. The molecule has 0 spiro atoms. The summed E-state index contributed by atoms with van der Waals surface area (Å²) in [5, 5.41) is 3.26. The molecule has 0 aliphatic carbocycles. The van der Waals surface area contributed by atoms with Gasteiger partial charge in [0.1, 0.15) is 5.75 Å². The molecular formula is C11H14ClNO. The third kappa shape index (κ3) is 1.72. The molecule has 1 N–H and O–H groups in total. The van der Waals surface area contributed by atoms with Crippen LogP contribution in [-0.4, -0.2) is 20.2 Å². The normalized spacial score (nSPS) is 16.4. The molecule has 0 aromatic heterocycles. The van der Waals surface area contributed by atoms with Crippen LogP contribution in [0.3, 0.4) is 0 Å². The summed E-state index contributed by atoms with van der Waals surface area (Å²) >= 11 is 5.85. The third-order valence-corrected chi connectivity index (χ3v) is 2.99. The summed E-state index contributed by atoms with van der Waals surface area (Å²) < 4.78 is 5.22. The minimum atomic E-state index is 0.511. The van der Waals surface area contributed by atoms with Gasteiger partial charge in [-0.1, -0.05) is 12.1 Å². The van der Waals surface area contributed by atoms with E-state index in [-0.39, 0.29) is 0 Å². The van der Waals surface area contributed by atoms with E-state index in [9.17, 15) is 0 Å². The average Bonchev–Trinajstić information content (AvgIpc) is 2.15. The Labute approximate surface area is 89.2 Å². The standard InChI is InChI=1S/C11H14ClNO/c1-14-11-3-2-8(4-9(11)5-12)10-6-13-7-10/h2-4,10,13H,5-7H2,1H3. The van der Waals surface area contributed by atoms with Crippen molar-refractivity contribution >= 4 is 11.6 Å². The molecule has 1 heterocycles. The maximum atomic E-state index is 5.85. The smallest absolute Gasteiger partial charge is 0.123 e. The molecule has 0 saturated carbocycles. The molecule has 0 radical (unpaired) electrons. The van der Waals surface area contributed by atoms with E-state index < -0.39 is 0 Å². The maximum Gasteiger partial charge on any atom is 0.123 e. The number of rotatable bonds is 3. The lowest BCUT2D eigenvalue weighted by molar-refractivity contribution is 0.409. The van der Waals surface area contributed by atoms with Crippen LogP contribution in [0.25, 0.3) is 0 Å². The first-order chi connectivity index (χ1) is 6.85. The molecule has 0 amide bonds. The Morgan fingerprint density at radius 1 is 1.50 bits per heavy atom. The molecule has 1 aromatic carbocycles. The molecule has 14 heavy (non-hydrogen) atoms. The second-order valence-corrected chi connectivity index (χ2v) is 3.83. The van der Waals surface area contributed by atoms with Crippen molar-refractivity contribution in [2.45, 2.75) is 11.8 Å². The van der Waals surface area contributed by atoms with Crippen molar-refractivity contribution in [2.75, 3.05) is 20.2 Å².